The lowest BCUT2D eigenvalue weighted by Crippen LogP contribution is -2.43. The van der Waals surface area contributed by atoms with Crippen molar-refractivity contribution in [3.05, 3.63) is 24.3 Å². The van der Waals surface area contributed by atoms with Crippen LogP contribution in [0.4, 0.5) is 5.69 Å². The smallest absolute Gasteiger partial charge is 0.225 e. The zero-order valence-corrected chi connectivity index (χ0v) is 13.4. The molecule has 22 heavy (non-hydrogen) atoms. The van der Waals surface area contributed by atoms with Gasteiger partial charge in [-0.05, 0) is 37.9 Å². The maximum absolute atomic E-state index is 12.1. The standard InChI is InChI=1S/C17H26N2O3/c1-3-22-16-7-5-4-6-14(16)18-17(21)9-11-19-10-8-13(2)15(20)12-19/h4-7,13,15,20H,3,8-12H2,1-2H3,(H,18,21). The van der Waals surface area contributed by atoms with Gasteiger partial charge in [-0.3, -0.25) is 4.79 Å². The summed E-state index contributed by atoms with van der Waals surface area (Å²) in [6.45, 7) is 6.83. The Kier molecular flexibility index (Phi) is 6.21. The third-order valence-electron chi connectivity index (χ3n) is 4.12. The Hall–Kier alpha value is -1.59. The first-order valence-electron chi connectivity index (χ1n) is 8.02. The Morgan fingerprint density at radius 3 is 2.95 bits per heavy atom. The number of nitrogens with zero attached hydrogens (tertiary/aromatic N) is 1. The Morgan fingerprint density at radius 1 is 1.45 bits per heavy atom. The second-order valence-corrected chi connectivity index (χ2v) is 5.86. The number of ether oxygens (including phenoxy) is 1. The van der Waals surface area contributed by atoms with Crippen LogP contribution < -0.4 is 10.1 Å². The van der Waals surface area contributed by atoms with Crippen LogP contribution >= 0.6 is 0 Å². The first-order valence-corrected chi connectivity index (χ1v) is 8.02. The minimum atomic E-state index is -0.282. The number of para-hydroxylation sites is 2. The molecule has 0 aliphatic carbocycles. The molecule has 0 saturated carbocycles. The zero-order chi connectivity index (χ0) is 15.9. The number of amides is 1. The van der Waals surface area contributed by atoms with Gasteiger partial charge < -0.3 is 20.1 Å². The second-order valence-electron chi connectivity index (χ2n) is 5.86. The van der Waals surface area contributed by atoms with Gasteiger partial charge in [-0.15, -0.1) is 0 Å². The van der Waals surface area contributed by atoms with Gasteiger partial charge in [-0.1, -0.05) is 19.1 Å². The maximum Gasteiger partial charge on any atom is 0.225 e. The summed E-state index contributed by atoms with van der Waals surface area (Å²) in [5.74, 6) is 1.02. The molecule has 1 aromatic carbocycles. The number of carbonyl (C=O) groups is 1. The predicted octanol–water partition coefficient (Wildman–Crippen LogP) is 2.12. The number of β-amino-alcohol motifs (C(OH)–C–C–N with tert-alkyl or cyclic N) is 1. The molecule has 1 fully saturated rings. The average molecular weight is 306 g/mol. The van der Waals surface area contributed by atoms with E-state index in [9.17, 15) is 9.90 Å². The molecular formula is C17H26N2O3. The summed E-state index contributed by atoms with van der Waals surface area (Å²) < 4.78 is 5.50. The van der Waals surface area contributed by atoms with Gasteiger partial charge in [-0.25, -0.2) is 0 Å². The molecule has 0 aromatic heterocycles. The topological polar surface area (TPSA) is 61.8 Å². The second kappa shape index (κ2) is 8.15. The van der Waals surface area contributed by atoms with E-state index in [1.165, 1.54) is 0 Å². The lowest BCUT2D eigenvalue weighted by atomic mass is 9.96. The van der Waals surface area contributed by atoms with Gasteiger partial charge in [0.15, 0.2) is 0 Å². The van der Waals surface area contributed by atoms with Crippen LogP contribution in [0.15, 0.2) is 24.3 Å². The number of anilines is 1. The SMILES string of the molecule is CCOc1ccccc1NC(=O)CCN1CCC(C)C(O)C1. The van der Waals surface area contributed by atoms with Crippen molar-refractivity contribution in [2.24, 2.45) is 5.92 Å². The fraction of sp³-hybridized carbons (Fsp3) is 0.588. The number of likely N-dealkylation sites (tertiary alicyclic amines) is 1. The van der Waals surface area contributed by atoms with Gasteiger partial charge >= 0.3 is 0 Å². The molecular weight excluding hydrogens is 280 g/mol. The lowest BCUT2D eigenvalue weighted by molar-refractivity contribution is -0.116. The first kappa shape index (κ1) is 16.8. The maximum atomic E-state index is 12.1. The highest BCUT2D eigenvalue weighted by atomic mass is 16.5. The Labute approximate surface area is 132 Å². The highest BCUT2D eigenvalue weighted by Gasteiger charge is 2.24. The number of hydrogen-bond acceptors (Lipinski definition) is 4. The molecule has 0 spiro atoms. The predicted molar refractivity (Wildman–Crippen MR) is 87.1 cm³/mol. The molecule has 2 rings (SSSR count). The summed E-state index contributed by atoms with van der Waals surface area (Å²) in [6.07, 6.45) is 1.12. The highest BCUT2D eigenvalue weighted by molar-refractivity contribution is 5.92. The summed E-state index contributed by atoms with van der Waals surface area (Å²) in [4.78, 5) is 14.3. The monoisotopic (exact) mass is 306 g/mol. The van der Waals surface area contributed by atoms with E-state index in [0.29, 0.717) is 43.5 Å². The highest BCUT2D eigenvalue weighted by Crippen LogP contribution is 2.24. The number of rotatable bonds is 6. The van der Waals surface area contributed by atoms with Crippen LogP contribution in [0.25, 0.3) is 0 Å². The molecule has 5 nitrogen and oxygen atoms in total. The van der Waals surface area contributed by atoms with Gasteiger partial charge in [0.1, 0.15) is 5.75 Å². The average Bonchev–Trinajstić information content (AvgIpc) is 2.51. The van der Waals surface area contributed by atoms with Crippen LogP contribution in [0.3, 0.4) is 0 Å². The summed E-state index contributed by atoms with van der Waals surface area (Å²) in [6, 6.07) is 7.45. The Morgan fingerprint density at radius 2 is 2.23 bits per heavy atom. The van der Waals surface area contributed by atoms with Crippen LogP contribution in [-0.2, 0) is 4.79 Å². The van der Waals surface area contributed by atoms with E-state index in [1.54, 1.807) is 0 Å². The molecule has 1 heterocycles. The summed E-state index contributed by atoms with van der Waals surface area (Å²) in [5.41, 5.74) is 0.710. The molecule has 1 aromatic rings. The lowest BCUT2D eigenvalue weighted by Gasteiger charge is -2.34. The number of piperidine rings is 1. The number of hydrogen-bond donors (Lipinski definition) is 2. The fourth-order valence-electron chi connectivity index (χ4n) is 2.64. The molecule has 0 radical (unpaired) electrons. The van der Waals surface area contributed by atoms with Crippen molar-refractivity contribution >= 4 is 11.6 Å². The van der Waals surface area contributed by atoms with E-state index in [4.69, 9.17) is 4.74 Å². The molecule has 0 bridgehead atoms. The summed E-state index contributed by atoms with van der Waals surface area (Å²) in [5, 5.41) is 12.8. The molecule has 5 heteroatoms. The minimum Gasteiger partial charge on any atom is -0.492 e. The van der Waals surface area contributed by atoms with Crippen molar-refractivity contribution in [1.29, 1.82) is 0 Å². The quantitative estimate of drug-likeness (QED) is 0.845. The van der Waals surface area contributed by atoms with Crippen LogP contribution in [-0.4, -0.2) is 48.3 Å². The van der Waals surface area contributed by atoms with Gasteiger partial charge in [0, 0.05) is 19.5 Å². The molecule has 122 valence electrons. The molecule has 2 N–H and O–H groups in total. The van der Waals surface area contributed by atoms with Crippen LogP contribution in [0.1, 0.15) is 26.7 Å². The van der Waals surface area contributed by atoms with E-state index < -0.39 is 0 Å². The van der Waals surface area contributed by atoms with E-state index in [1.807, 2.05) is 31.2 Å². The first-order chi connectivity index (χ1) is 10.6. The molecule has 1 aliphatic rings. The summed E-state index contributed by atoms with van der Waals surface area (Å²) >= 11 is 0. The Balaban J connectivity index is 1.81. The van der Waals surface area contributed by atoms with Gasteiger partial charge in [-0.2, -0.15) is 0 Å². The fourth-order valence-corrected chi connectivity index (χ4v) is 2.64. The number of aliphatic hydroxyl groups excluding tert-OH is 1. The molecule has 2 unspecified atom stereocenters. The van der Waals surface area contributed by atoms with Crippen molar-refractivity contribution in [2.75, 3.05) is 31.6 Å². The van der Waals surface area contributed by atoms with Crippen molar-refractivity contribution < 1.29 is 14.6 Å². The van der Waals surface area contributed by atoms with Crippen LogP contribution in [0, 0.1) is 5.92 Å². The van der Waals surface area contributed by atoms with Crippen LogP contribution in [0.5, 0.6) is 5.75 Å². The van der Waals surface area contributed by atoms with Crippen molar-refractivity contribution in [3.63, 3.8) is 0 Å². The van der Waals surface area contributed by atoms with Crippen molar-refractivity contribution in [1.82, 2.24) is 4.90 Å². The Bertz CT molecular complexity index is 493. The third kappa shape index (κ3) is 4.71. The van der Waals surface area contributed by atoms with E-state index >= 15 is 0 Å². The minimum absolute atomic E-state index is 0.0275. The van der Waals surface area contributed by atoms with Crippen molar-refractivity contribution in [2.45, 2.75) is 32.8 Å². The number of benzene rings is 1. The summed E-state index contributed by atoms with van der Waals surface area (Å²) in [7, 11) is 0. The zero-order valence-electron chi connectivity index (χ0n) is 13.4. The van der Waals surface area contributed by atoms with Crippen LogP contribution in [0.2, 0.25) is 0 Å². The third-order valence-corrected chi connectivity index (χ3v) is 4.12. The van der Waals surface area contributed by atoms with E-state index in [2.05, 4.69) is 17.1 Å². The largest absolute Gasteiger partial charge is 0.492 e. The van der Waals surface area contributed by atoms with E-state index in [0.717, 1.165) is 13.0 Å². The normalized spacial score (nSPS) is 22.3. The van der Waals surface area contributed by atoms with Gasteiger partial charge in [0.05, 0.1) is 18.4 Å². The number of carbonyl (C=O) groups excluding carboxylic acids is 1. The van der Waals surface area contributed by atoms with E-state index in [-0.39, 0.29) is 12.0 Å². The number of aliphatic hydroxyl groups is 1. The van der Waals surface area contributed by atoms with Gasteiger partial charge in [0.2, 0.25) is 5.91 Å². The van der Waals surface area contributed by atoms with Gasteiger partial charge in [0.25, 0.3) is 0 Å². The molecule has 2 atom stereocenters. The molecule has 1 aliphatic heterocycles. The molecule has 1 amide bonds. The molecule has 1 saturated heterocycles. The van der Waals surface area contributed by atoms with Crippen molar-refractivity contribution in [3.8, 4) is 5.75 Å². The number of nitrogens with one attached hydrogen (secondary N) is 1.